The molecule has 2 rings (SSSR count). The Balaban J connectivity index is 1.94. The van der Waals surface area contributed by atoms with Crippen LogP contribution in [0.25, 0.3) is 0 Å². The SMILES string of the molecule is O=C(NCCc1cccs1)c1ccc(C#CCO)c(F)c1. The molecule has 1 aromatic heterocycles. The maximum absolute atomic E-state index is 13.7. The number of aliphatic hydroxyl groups is 1. The summed E-state index contributed by atoms with van der Waals surface area (Å²) in [5.41, 5.74) is 0.424. The van der Waals surface area contributed by atoms with Crippen LogP contribution < -0.4 is 5.32 Å². The van der Waals surface area contributed by atoms with Crippen LogP contribution in [0.2, 0.25) is 0 Å². The van der Waals surface area contributed by atoms with Crippen molar-refractivity contribution < 1.29 is 14.3 Å². The van der Waals surface area contributed by atoms with Crippen molar-refractivity contribution in [3.05, 3.63) is 57.5 Å². The Morgan fingerprint density at radius 2 is 2.24 bits per heavy atom. The van der Waals surface area contributed by atoms with Gasteiger partial charge in [-0.3, -0.25) is 4.79 Å². The van der Waals surface area contributed by atoms with E-state index in [0.717, 1.165) is 12.5 Å². The summed E-state index contributed by atoms with van der Waals surface area (Å²) in [4.78, 5) is 13.1. The molecule has 0 saturated carbocycles. The van der Waals surface area contributed by atoms with Gasteiger partial charge in [-0.15, -0.1) is 11.3 Å². The third-order valence-electron chi connectivity index (χ3n) is 2.77. The van der Waals surface area contributed by atoms with Crippen LogP contribution in [0.3, 0.4) is 0 Å². The minimum absolute atomic E-state index is 0.166. The predicted octanol–water partition coefficient (Wildman–Crippen LogP) is 2.20. The van der Waals surface area contributed by atoms with Crippen LogP contribution in [0.4, 0.5) is 4.39 Å². The molecule has 0 bridgehead atoms. The number of hydrogen-bond donors (Lipinski definition) is 2. The van der Waals surface area contributed by atoms with E-state index in [9.17, 15) is 9.18 Å². The molecule has 0 atom stereocenters. The number of carbonyl (C=O) groups is 1. The highest BCUT2D eigenvalue weighted by atomic mass is 32.1. The van der Waals surface area contributed by atoms with E-state index in [1.165, 1.54) is 17.0 Å². The third kappa shape index (κ3) is 4.42. The van der Waals surface area contributed by atoms with E-state index in [-0.39, 0.29) is 23.6 Å². The fraction of sp³-hybridized carbons (Fsp3) is 0.188. The van der Waals surface area contributed by atoms with Crippen LogP contribution in [0, 0.1) is 17.7 Å². The highest BCUT2D eigenvalue weighted by Crippen LogP contribution is 2.10. The summed E-state index contributed by atoms with van der Waals surface area (Å²) in [7, 11) is 0. The summed E-state index contributed by atoms with van der Waals surface area (Å²) in [5, 5.41) is 13.3. The zero-order chi connectivity index (χ0) is 15.1. The monoisotopic (exact) mass is 303 g/mol. The number of carbonyl (C=O) groups excluding carboxylic acids is 1. The molecule has 0 saturated heterocycles. The van der Waals surface area contributed by atoms with Crippen molar-refractivity contribution in [2.45, 2.75) is 6.42 Å². The third-order valence-corrected chi connectivity index (χ3v) is 3.71. The van der Waals surface area contributed by atoms with Gasteiger partial charge in [0.05, 0.1) is 5.56 Å². The summed E-state index contributed by atoms with van der Waals surface area (Å²) in [6.07, 6.45) is 0.756. The number of aliphatic hydroxyl groups excluding tert-OH is 1. The molecule has 0 aliphatic heterocycles. The van der Waals surface area contributed by atoms with Gasteiger partial charge in [0.2, 0.25) is 0 Å². The van der Waals surface area contributed by atoms with Crippen molar-refractivity contribution in [2.75, 3.05) is 13.2 Å². The van der Waals surface area contributed by atoms with Gasteiger partial charge in [-0.25, -0.2) is 4.39 Å². The first-order chi connectivity index (χ1) is 10.2. The van der Waals surface area contributed by atoms with Gasteiger partial charge in [0, 0.05) is 17.0 Å². The second-order valence-corrected chi connectivity index (χ2v) is 5.27. The van der Waals surface area contributed by atoms with Crippen LogP contribution in [0.15, 0.2) is 35.7 Å². The summed E-state index contributed by atoms with van der Waals surface area (Å²) in [5.74, 6) is 3.97. The normalized spacial score (nSPS) is 9.81. The molecule has 0 radical (unpaired) electrons. The molecule has 2 N–H and O–H groups in total. The Morgan fingerprint density at radius 3 is 2.90 bits per heavy atom. The molecule has 0 aliphatic rings. The highest BCUT2D eigenvalue weighted by Gasteiger charge is 2.08. The second-order valence-electron chi connectivity index (χ2n) is 4.24. The maximum Gasteiger partial charge on any atom is 0.251 e. The summed E-state index contributed by atoms with van der Waals surface area (Å²) >= 11 is 1.64. The standard InChI is InChI=1S/C16H14FNO2S/c17-15-11-13(6-5-12(15)3-1-9-19)16(20)18-8-7-14-4-2-10-21-14/h2,4-6,10-11,19H,7-9H2,(H,18,20). The van der Waals surface area contributed by atoms with Crippen LogP contribution >= 0.6 is 11.3 Å². The average molecular weight is 303 g/mol. The number of hydrogen-bond acceptors (Lipinski definition) is 3. The van der Waals surface area contributed by atoms with Crippen molar-refractivity contribution >= 4 is 17.2 Å². The topological polar surface area (TPSA) is 49.3 Å². The van der Waals surface area contributed by atoms with Gasteiger partial charge in [-0.05, 0) is 36.1 Å². The lowest BCUT2D eigenvalue weighted by Gasteiger charge is -2.05. The number of benzene rings is 1. The zero-order valence-electron chi connectivity index (χ0n) is 11.2. The zero-order valence-corrected chi connectivity index (χ0v) is 12.0. The van der Waals surface area contributed by atoms with Crippen LogP contribution in [0.5, 0.6) is 0 Å². The van der Waals surface area contributed by atoms with Gasteiger partial charge in [0.15, 0.2) is 0 Å². The van der Waals surface area contributed by atoms with E-state index in [2.05, 4.69) is 17.2 Å². The Kier molecular flexibility index (Phi) is 5.50. The molecule has 21 heavy (non-hydrogen) atoms. The number of amides is 1. The van der Waals surface area contributed by atoms with E-state index < -0.39 is 5.82 Å². The molecular weight excluding hydrogens is 289 g/mol. The number of nitrogens with one attached hydrogen (secondary N) is 1. The van der Waals surface area contributed by atoms with Crippen molar-refractivity contribution in [1.29, 1.82) is 0 Å². The van der Waals surface area contributed by atoms with Gasteiger partial charge >= 0.3 is 0 Å². The molecule has 0 aliphatic carbocycles. The first-order valence-corrected chi connectivity index (χ1v) is 7.28. The fourth-order valence-corrected chi connectivity index (χ4v) is 2.46. The fourth-order valence-electron chi connectivity index (χ4n) is 1.75. The van der Waals surface area contributed by atoms with Gasteiger partial charge < -0.3 is 10.4 Å². The molecule has 5 heteroatoms. The Morgan fingerprint density at radius 1 is 1.38 bits per heavy atom. The number of halogens is 1. The van der Waals surface area contributed by atoms with Gasteiger partial charge in [0.1, 0.15) is 12.4 Å². The van der Waals surface area contributed by atoms with Crippen LogP contribution in [0.1, 0.15) is 20.8 Å². The Hall–Kier alpha value is -2.16. The Bertz CT molecular complexity index is 671. The average Bonchev–Trinajstić information content (AvgIpc) is 2.99. The van der Waals surface area contributed by atoms with Crippen molar-refractivity contribution in [1.82, 2.24) is 5.32 Å². The van der Waals surface area contributed by atoms with Gasteiger partial charge in [-0.1, -0.05) is 17.9 Å². The van der Waals surface area contributed by atoms with Crippen LogP contribution in [-0.2, 0) is 6.42 Å². The summed E-state index contributed by atoms with van der Waals surface area (Å²) < 4.78 is 13.7. The lowest BCUT2D eigenvalue weighted by atomic mass is 10.1. The smallest absolute Gasteiger partial charge is 0.251 e. The molecule has 0 unspecified atom stereocenters. The quantitative estimate of drug-likeness (QED) is 0.851. The van der Waals surface area contributed by atoms with E-state index in [1.807, 2.05) is 17.5 Å². The molecule has 1 heterocycles. The van der Waals surface area contributed by atoms with E-state index in [1.54, 1.807) is 11.3 Å². The van der Waals surface area contributed by atoms with Crippen molar-refractivity contribution in [2.24, 2.45) is 0 Å². The molecule has 1 amide bonds. The molecule has 2 aromatic rings. The molecule has 3 nitrogen and oxygen atoms in total. The molecule has 1 aromatic carbocycles. The van der Waals surface area contributed by atoms with E-state index >= 15 is 0 Å². The molecule has 108 valence electrons. The van der Waals surface area contributed by atoms with Crippen molar-refractivity contribution in [3.63, 3.8) is 0 Å². The molecular formula is C16H14FNO2S. The van der Waals surface area contributed by atoms with Crippen LogP contribution in [-0.4, -0.2) is 24.2 Å². The maximum atomic E-state index is 13.7. The molecule has 0 fully saturated rings. The predicted molar refractivity (Wildman–Crippen MR) is 80.7 cm³/mol. The minimum Gasteiger partial charge on any atom is -0.384 e. The number of rotatable bonds is 4. The van der Waals surface area contributed by atoms with E-state index in [4.69, 9.17) is 5.11 Å². The lowest BCUT2D eigenvalue weighted by Crippen LogP contribution is -2.25. The first kappa shape index (κ1) is 15.2. The highest BCUT2D eigenvalue weighted by molar-refractivity contribution is 7.09. The summed E-state index contributed by atoms with van der Waals surface area (Å²) in [6, 6.07) is 8.08. The second kappa shape index (κ2) is 7.58. The Labute approximate surface area is 126 Å². The van der Waals surface area contributed by atoms with Gasteiger partial charge in [-0.2, -0.15) is 0 Å². The number of thiophene rings is 1. The van der Waals surface area contributed by atoms with Gasteiger partial charge in [0.25, 0.3) is 5.91 Å². The van der Waals surface area contributed by atoms with Crippen molar-refractivity contribution in [3.8, 4) is 11.8 Å². The summed E-state index contributed by atoms with van der Waals surface area (Å²) in [6.45, 7) is 0.178. The first-order valence-electron chi connectivity index (χ1n) is 6.40. The lowest BCUT2D eigenvalue weighted by molar-refractivity contribution is 0.0953. The minimum atomic E-state index is -0.568. The van der Waals surface area contributed by atoms with E-state index in [0.29, 0.717) is 6.54 Å². The molecule has 0 spiro atoms. The largest absolute Gasteiger partial charge is 0.384 e.